The highest BCUT2D eigenvalue weighted by Gasteiger charge is 2.18. The van der Waals surface area contributed by atoms with Crippen LogP contribution in [0.4, 0.5) is 5.69 Å². The summed E-state index contributed by atoms with van der Waals surface area (Å²) in [6.45, 7) is 4.45. The molecule has 0 amide bonds. The van der Waals surface area contributed by atoms with E-state index in [9.17, 15) is 4.79 Å². The van der Waals surface area contributed by atoms with Gasteiger partial charge in [-0.2, -0.15) is 0 Å². The molecule has 0 aliphatic rings. The number of anilines is 1. The van der Waals surface area contributed by atoms with E-state index in [0.29, 0.717) is 17.7 Å². The second-order valence-corrected chi connectivity index (χ2v) is 8.91. The average Bonchev–Trinajstić information content (AvgIpc) is 3.60. The lowest BCUT2D eigenvalue weighted by atomic mass is 10.0. The molecule has 4 N–H and O–H groups in total. The number of rotatable bonds is 7. The first kappa shape index (κ1) is 21.9. The van der Waals surface area contributed by atoms with Gasteiger partial charge < -0.3 is 15.0 Å². The Hall–Kier alpha value is -4.62. The minimum Gasteiger partial charge on any atom is -0.361 e. The van der Waals surface area contributed by atoms with Crippen molar-refractivity contribution in [2.24, 2.45) is 0 Å². The lowest BCUT2D eigenvalue weighted by molar-refractivity contribution is 0.103. The highest BCUT2D eigenvalue weighted by Crippen LogP contribution is 2.30. The quantitative estimate of drug-likeness (QED) is 0.158. The Morgan fingerprint density at radius 1 is 0.917 bits per heavy atom. The van der Waals surface area contributed by atoms with Crippen LogP contribution in [0.5, 0.6) is 0 Å². The molecule has 0 saturated heterocycles. The maximum atomic E-state index is 12.9. The number of hydrogen-bond acceptors (Lipinski definition) is 4. The Bertz CT molecular complexity index is 1710. The summed E-state index contributed by atoms with van der Waals surface area (Å²) in [5.41, 5.74) is 12.0. The summed E-state index contributed by atoms with van der Waals surface area (Å²) >= 11 is 0. The molecule has 7 heteroatoms. The summed E-state index contributed by atoms with van der Waals surface area (Å²) in [5, 5.41) is 1.12. The van der Waals surface area contributed by atoms with Crippen molar-refractivity contribution >= 4 is 33.4 Å². The second-order valence-electron chi connectivity index (χ2n) is 8.91. The summed E-state index contributed by atoms with van der Waals surface area (Å²) in [6, 6.07) is 22.9. The van der Waals surface area contributed by atoms with E-state index < -0.39 is 0 Å². The van der Waals surface area contributed by atoms with Crippen LogP contribution in [0.2, 0.25) is 0 Å². The zero-order chi connectivity index (χ0) is 24.6. The van der Waals surface area contributed by atoms with Crippen LogP contribution < -0.4 is 5.48 Å². The molecule has 36 heavy (non-hydrogen) atoms. The minimum atomic E-state index is -0.0151. The Labute approximate surface area is 207 Å². The fourth-order valence-corrected chi connectivity index (χ4v) is 4.64. The molecule has 6 aromatic rings. The van der Waals surface area contributed by atoms with Crippen molar-refractivity contribution in [3.05, 3.63) is 107 Å². The predicted molar refractivity (Wildman–Crippen MR) is 142 cm³/mol. The van der Waals surface area contributed by atoms with Crippen molar-refractivity contribution in [2.75, 3.05) is 5.48 Å². The number of carbonyl (C=O) groups is 1. The third-order valence-corrected chi connectivity index (χ3v) is 6.52. The minimum absolute atomic E-state index is 0.0151. The van der Waals surface area contributed by atoms with Crippen LogP contribution in [0.25, 0.3) is 33.3 Å². The zero-order valence-electron chi connectivity index (χ0n) is 20.0. The number of benzene rings is 3. The Morgan fingerprint density at radius 3 is 2.61 bits per heavy atom. The molecule has 0 saturated carbocycles. The molecule has 0 atom stereocenters. The van der Waals surface area contributed by atoms with E-state index >= 15 is 0 Å². The van der Waals surface area contributed by atoms with Gasteiger partial charge in [-0.1, -0.05) is 30.3 Å². The number of aromatic nitrogens is 4. The van der Waals surface area contributed by atoms with Crippen LogP contribution >= 0.6 is 0 Å². The molecule has 0 aliphatic carbocycles. The van der Waals surface area contributed by atoms with Gasteiger partial charge in [0.05, 0.1) is 16.7 Å². The first-order valence-corrected chi connectivity index (χ1v) is 11.8. The van der Waals surface area contributed by atoms with Crippen LogP contribution in [0.3, 0.4) is 0 Å². The highest BCUT2D eigenvalue weighted by atomic mass is 16.6. The van der Waals surface area contributed by atoms with Crippen LogP contribution in [0, 0.1) is 13.8 Å². The monoisotopic (exact) mass is 475 g/mol. The Kier molecular flexibility index (Phi) is 5.39. The number of fused-ring (bicyclic) bond motifs is 2. The van der Waals surface area contributed by atoms with Crippen molar-refractivity contribution in [3.63, 3.8) is 0 Å². The number of imidazole rings is 1. The number of aromatic amines is 3. The van der Waals surface area contributed by atoms with Crippen LogP contribution in [-0.2, 0) is 11.4 Å². The second kappa shape index (κ2) is 8.87. The molecule has 3 aromatic heterocycles. The fraction of sp³-hybridized carbons (Fsp3) is 0.103. The topological polar surface area (TPSA) is 98.6 Å². The van der Waals surface area contributed by atoms with Gasteiger partial charge in [-0.05, 0) is 61.9 Å². The molecule has 0 unspecified atom stereocenters. The molecule has 6 rings (SSSR count). The molecular weight excluding hydrogens is 450 g/mol. The number of carbonyl (C=O) groups excluding carboxylic acids is 1. The molecule has 0 spiro atoms. The summed E-state index contributed by atoms with van der Waals surface area (Å²) < 4.78 is 0. The van der Waals surface area contributed by atoms with Gasteiger partial charge in [0.25, 0.3) is 0 Å². The van der Waals surface area contributed by atoms with Gasteiger partial charge in [0.1, 0.15) is 12.4 Å². The maximum Gasteiger partial charge on any atom is 0.193 e. The molecule has 0 bridgehead atoms. The number of H-pyrrole nitrogens is 3. The van der Waals surface area contributed by atoms with Crippen molar-refractivity contribution in [1.82, 2.24) is 19.9 Å². The fourth-order valence-electron chi connectivity index (χ4n) is 4.64. The van der Waals surface area contributed by atoms with Gasteiger partial charge in [-0.25, -0.2) is 4.98 Å². The lowest BCUT2D eigenvalue weighted by Gasteiger charge is -2.07. The smallest absolute Gasteiger partial charge is 0.193 e. The predicted octanol–water partition coefficient (Wildman–Crippen LogP) is 6.43. The highest BCUT2D eigenvalue weighted by molar-refractivity contribution is 6.10. The van der Waals surface area contributed by atoms with Gasteiger partial charge in [-0.15, -0.1) is 0 Å². The van der Waals surface area contributed by atoms with E-state index in [1.165, 1.54) is 0 Å². The van der Waals surface area contributed by atoms with Crippen molar-refractivity contribution in [1.29, 1.82) is 0 Å². The SMILES string of the molecule is Cc1[nH]c(CONc2ccc3[nH]ccc3c2)c(C)c1-c1nc2cc(C(=O)c3ccccc3)ccc2[nH]1. The van der Waals surface area contributed by atoms with Crippen LogP contribution in [0.15, 0.2) is 79.0 Å². The van der Waals surface area contributed by atoms with Gasteiger partial charge in [0, 0.05) is 45.2 Å². The Morgan fingerprint density at radius 2 is 1.75 bits per heavy atom. The third kappa shape index (κ3) is 3.95. The largest absolute Gasteiger partial charge is 0.361 e. The third-order valence-electron chi connectivity index (χ3n) is 6.52. The lowest BCUT2D eigenvalue weighted by Crippen LogP contribution is -2.02. The summed E-state index contributed by atoms with van der Waals surface area (Å²) in [7, 11) is 0. The number of nitrogens with zero attached hydrogens (tertiary/aromatic N) is 1. The molecule has 3 aromatic carbocycles. The van der Waals surface area contributed by atoms with Gasteiger partial charge >= 0.3 is 0 Å². The van der Waals surface area contributed by atoms with Crippen molar-refractivity contribution in [3.8, 4) is 11.4 Å². The first-order valence-electron chi connectivity index (χ1n) is 11.8. The molecule has 7 nitrogen and oxygen atoms in total. The van der Waals surface area contributed by atoms with E-state index in [4.69, 9.17) is 9.82 Å². The van der Waals surface area contributed by atoms with Crippen molar-refractivity contribution in [2.45, 2.75) is 20.5 Å². The number of ketones is 1. The number of aryl methyl sites for hydroxylation is 1. The van der Waals surface area contributed by atoms with Crippen molar-refractivity contribution < 1.29 is 9.63 Å². The van der Waals surface area contributed by atoms with Gasteiger partial charge in [0.15, 0.2) is 5.78 Å². The first-order chi connectivity index (χ1) is 17.6. The Balaban J connectivity index is 1.22. The normalized spacial score (nSPS) is 11.4. The van der Waals surface area contributed by atoms with E-state index in [1.54, 1.807) is 0 Å². The summed E-state index contributed by atoms with van der Waals surface area (Å²) in [6.07, 6.45) is 1.92. The van der Waals surface area contributed by atoms with Gasteiger partial charge in [0.2, 0.25) is 0 Å². The molecule has 0 radical (unpaired) electrons. The van der Waals surface area contributed by atoms with Crippen LogP contribution in [-0.4, -0.2) is 25.7 Å². The van der Waals surface area contributed by atoms with Crippen LogP contribution in [0.1, 0.15) is 32.9 Å². The van der Waals surface area contributed by atoms with E-state index in [-0.39, 0.29) is 5.78 Å². The molecule has 178 valence electrons. The standard InChI is InChI=1S/C29H25N5O2/c1-17-26(16-36-34-22-9-11-23-20(14-22)12-13-30-23)31-18(2)27(17)29-32-24-10-8-21(15-25(24)33-29)28(35)19-6-4-3-5-7-19/h3-15,30-31,34H,16H2,1-2H3,(H,32,33). The number of hydrogen-bond donors (Lipinski definition) is 4. The number of nitrogens with one attached hydrogen (secondary N) is 4. The summed E-state index contributed by atoms with van der Waals surface area (Å²) in [4.78, 5) is 33.5. The van der Waals surface area contributed by atoms with Gasteiger partial charge in [-0.3, -0.25) is 15.1 Å². The van der Waals surface area contributed by atoms with E-state index in [2.05, 4.69) is 27.4 Å². The summed E-state index contributed by atoms with van der Waals surface area (Å²) in [5.74, 6) is 0.747. The molecular formula is C29H25N5O2. The average molecular weight is 476 g/mol. The molecule has 3 heterocycles. The molecule has 0 aliphatic heterocycles. The van der Waals surface area contributed by atoms with E-state index in [0.717, 1.165) is 56.0 Å². The van der Waals surface area contributed by atoms with E-state index in [1.807, 2.05) is 85.9 Å². The zero-order valence-corrected chi connectivity index (χ0v) is 20.0. The maximum absolute atomic E-state index is 12.9. The molecule has 0 fully saturated rings.